The lowest BCUT2D eigenvalue weighted by atomic mass is 10.2. The third kappa shape index (κ3) is 3.87. The molecule has 0 saturated carbocycles. The number of benzene rings is 2. The van der Waals surface area contributed by atoms with E-state index in [9.17, 15) is 14.9 Å². The first kappa shape index (κ1) is 21.9. The molecule has 2 aromatic heterocycles. The molecule has 9 nitrogen and oxygen atoms in total. The van der Waals surface area contributed by atoms with Gasteiger partial charge >= 0.3 is 0 Å². The highest BCUT2D eigenvalue weighted by molar-refractivity contribution is 7.14. The number of nitrogens with one attached hydrogen (secondary N) is 1. The smallest absolute Gasteiger partial charge is 0.288 e. The second-order valence-corrected chi connectivity index (χ2v) is 8.84. The molecule has 0 spiro atoms. The van der Waals surface area contributed by atoms with Crippen molar-refractivity contribution in [1.82, 2.24) is 9.55 Å². The van der Waals surface area contributed by atoms with E-state index in [-0.39, 0.29) is 23.1 Å². The lowest BCUT2D eigenvalue weighted by molar-refractivity contribution is -0.384. The average Bonchev–Trinajstić information content (AvgIpc) is 3.52. The number of halogens is 1. The van der Waals surface area contributed by atoms with E-state index in [1.807, 2.05) is 43.5 Å². The van der Waals surface area contributed by atoms with Gasteiger partial charge in [-0.15, -0.1) is 11.3 Å². The fraction of sp³-hybridized carbons (Fsp3) is 0.130. The van der Waals surface area contributed by atoms with Crippen molar-refractivity contribution >= 4 is 39.7 Å². The molecule has 0 radical (unpaired) electrons. The predicted octanol–water partition coefficient (Wildman–Crippen LogP) is 5.76. The van der Waals surface area contributed by atoms with Crippen LogP contribution >= 0.6 is 22.9 Å². The number of carbonyl (C=O) groups is 1. The summed E-state index contributed by atoms with van der Waals surface area (Å²) in [5.41, 5.74) is 4.36. The van der Waals surface area contributed by atoms with Crippen LogP contribution in [-0.2, 0) is 0 Å². The zero-order valence-electron chi connectivity index (χ0n) is 18.0. The number of aryl methyl sites for hydroxylation is 1. The summed E-state index contributed by atoms with van der Waals surface area (Å²) >= 11 is 7.10. The molecule has 5 rings (SSSR count). The number of carbonyl (C=O) groups excluding carboxylic acids is 1. The van der Waals surface area contributed by atoms with E-state index in [0.29, 0.717) is 16.6 Å². The molecule has 3 heterocycles. The molecule has 172 valence electrons. The lowest BCUT2D eigenvalue weighted by Crippen LogP contribution is -2.12. The Labute approximate surface area is 202 Å². The van der Waals surface area contributed by atoms with Gasteiger partial charge in [0.25, 0.3) is 11.6 Å². The number of hydrogen-bond acceptors (Lipinski definition) is 7. The summed E-state index contributed by atoms with van der Waals surface area (Å²) in [6.45, 7) is 4.21. The monoisotopic (exact) mass is 496 g/mol. The number of nitrogens with zero attached hydrogens (tertiary/aromatic N) is 3. The maximum atomic E-state index is 12.6. The van der Waals surface area contributed by atoms with Crippen LogP contribution in [0.1, 0.15) is 21.7 Å². The van der Waals surface area contributed by atoms with Crippen LogP contribution in [-0.4, -0.2) is 27.2 Å². The van der Waals surface area contributed by atoms with Crippen molar-refractivity contribution in [2.24, 2.45) is 0 Å². The highest BCUT2D eigenvalue weighted by atomic mass is 35.5. The zero-order chi connectivity index (χ0) is 24.0. The number of rotatable bonds is 5. The van der Waals surface area contributed by atoms with Crippen LogP contribution < -0.4 is 14.8 Å². The summed E-state index contributed by atoms with van der Waals surface area (Å²) in [5.74, 6) is 0.913. The normalized spacial score (nSPS) is 12.1. The summed E-state index contributed by atoms with van der Waals surface area (Å²) < 4.78 is 13.0. The van der Waals surface area contributed by atoms with Crippen LogP contribution in [0.25, 0.3) is 16.9 Å². The van der Waals surface area contributed by atoms with Gasteiger partial charge in [0.15, 0.2) is 16.6 Å². The second kappa shape index (κ2) is 8.47. The van der Waals surface area contributed by atoms with E-state index in [1.165, 1.54) is 23.5 Å². The Morgan fingerprint density at radius 1 is 1.18 bits per heavy atom. The molecule has 34 heavy (non-hydrogen) atoms. The molecule has 0 atom stereocenters. The molecule has 1 N–H and O–H groups in total. The Hall–Kier alpha value is -3.89. The maximum absolute atomic E-state index is 12.6. The van der Waals surface area contributed by atoms with Crippen molar-refractivity contribution in [1.29, 1.82) is 0 Å². The van der Waals surface area contributed by atoms with E-state index in [2.05, 4.69) is 14.9 Å². The Morgan fingerprint density at radius 2 is 1.97 bits per heavy atom. The average molecular weight is 497 g/mol. The summed E-state index contributed by atoms with van der Waals surface area (Å²) in [6, 6.07) is 11.7. The number of amides is 1. The third-order valence-electron chi connectivity index (χ3n) is 5.45. The second-order valence-electron chi connectivity index (χ2n) is 7.57. The lowest BCUT2D eigenvalue weighted by Gasteiger charge is -2.10. The van der Waals surface area contributed by atoms with E-state index < -0.39 is 10.8 Å². The standard InChI is InChI=1S/C23H17ClN4O5S/c1-12-7-16(13(2)27(12)15-4-6-20-21(9-15)33-11-32-20)18-10-34-23(25-18)26-22(29)14-3-5-17(24)19(8-14)28(30)31/h3-10H,11H2,1-2H3,(H,25,26,29). The molecule has 0 aliphatic carbocycles. The zero-order valence-corrected chi connectivity index (χ0v) is 19.6. The number of anilines is 1. The first-order chi connectivity index (χ1) is 16.3. The predicted molar refractivity (Wildman–Crippen MR) is 129 cm³/mol. The van der Waals surface area contributed by atoms with Gasteiger partial charge in [-0.2, -0.15) is 0 Å². The van der Waals surface area contributed by atoms with Gasteiger partial charge in [0.2, 0.25) is 6.79 Å². The highest BCUT2D eigenvalue weighted by Crippen LogP contribution is 2.37. The maximum Gasteiger partial charge on any atom is 0.288 e. The minimum atomic E-state index is -0.628. The van der Waals surface area contributed by atoms with Gasteiger partial charge in [-0.1, -0.05) is 11.6 Å². The van der Waals surface area contributed by atoms with Crippen molar-refractivity contribution in [2.75, 3.05) is 12.1 Å². The van der Waals surface area contributed by atoms with Crippen molar-refractivity contribution in [3.05, 3.63) is 79.9 Å². The molecule has 0 unspecified atom stereocenters. The van der Waals surface area contributed by atoms with Gasteiger partial charge in [-0.25, -0.2) is 4.98 Å². The molecule has 0 fully saturated rings. The number of nitro benzene ring substituents is 1. The van der Waals surface area contributed by atoms with Gasteiger partial charge in [-0.05, 0) is 44.2 Å². The van der Waals surface area contributed by atoms with E-state index >= 15 is 0 Å². The fourth-order valence-corrected chi connectivity index (χ4v) is 4.75. The van der Waals surface area contributed by atoms with Crippen LogP contribution in [0, 0.1) is 24.0 Å². The van der Waals surface area contributed by atoms with Crippen molar-refractivity contribution in [3.63, 3.8) is 0 Å². The van der Waals surface area contributed by atoms with Crippen LogP contribution in [0.2, 0.25) is 5.02 Å². The molecule has 1 aliphatic heterocycles. The minimum Gasteiger partial charge on any atom is -0.454 e. The summed E-state index contributed by atoms with van der Waals surface area (Å²) in [7, 11) is 0. The number of aromatic nitrogens is 2. The third-order valence-corrected chi connectivity index (χ3v) is 6.53. The van der Waals surface area contributed by atoms with Gasteiger partial charge in [0.1, 0.15) is 5.02 Å². The highest BCUT2D eigenvalue weighted by Gasteiger charge is 2.20. The Bertz CT molecular complexity index is 1460. The van der Waals surface area contributed by atoms with E-state index in [4.69, 9.17) is 21.1 Å². The molecular formula is C23H17ClN4O5S. The number of nitro groups is 1. The van der Waals surface area contributed by atoms with Crippen molar-refractivity contribution in [2.45, 2.75) is 13.8 Å². The van der Waals surface area contributed by atoms with Crippen molar-refractivity contribution < 1.29 is 19.2 Å². The van der Waals surface area contributed by atoms with Gasteiger partial charge in [-0.3, -0.25) is 20.2 Å². The number of hydrogen-bond donors (Lipinski definition) is 1. The van der Waals surface area contributed by atoms with E-state index in [1.54, 1.807) is 0 Å². The van der Waals surface area contributed by atoms with Crippen LogP contribution in [0.15, 0.2) is 47.8 Å². The molecule has 1 amide bonds. The fourth-order valence-electron chi connectivity index (χ4n) is 3.86. The molecule has 4 aromatic rings. The first-order valence-electron chi connectivity index (χ1n) is 10.1. The van der Waals surface area contributed by atoms with Crippen LogP contribution in [0.4, 0.5) is 10.8 Å². The number of ether oxygens (including phenoxy) is 2. The summed E-state index contributed by atoms with van der Waals surface area (Å²) in [4.78, 5) is 27.6. The van der Waals surface area contributed by atoms with Crippen molar-refractivity contribution in [3.8, 4) is 28.4 Å². The quantitative estimate of drug-likeness (QED) is 0.278. The molecule has 0 saturated heterocycles. The summed E-state index contributed by atoms with van der Waals surface area (Å²) in [5, 5.41) is 16.0. The minimum absolute atomic E-state index is 0.0316. The molecule has 2 aromatic carbocycles. The SMILES string of the molecule is Cc1cc(-c2csc(NC(=O)c3ccc(Cl)c([N+](=O)[O-])c3)n2)c(C)n1-c1ccc2c(c1)OCO2. The first-order valence-corrected chi connectivity index (χ1v) is 11.4. The van der Waals surface area contributed by atoms with Crippen LogP contribution in [0.3, 0.4) is 0 Å². The number of thiazole rings is 1. The largest absolute Gasteiger partial charge is 0.454 e. The molecule has 0 bridgehead atoms. The Balaban J connectivity index is 1.40. The van der Waals surface area contributed by atoms with Crippen LogP contribution in [0.5, 0.6) is 11.5 Å². The molecular weight excluding hydrogens is 480 g/mol. The Kier molecular flexibility index (Phi) is 5.46. The Morgan fingerprint density at radius 3 is 2.76 bits per heavy atom. The topological polar surface area (TPSA) is 109 Å². The summed E-state index contributed by atoms with van der Waals surface area (Å²) in [6.07, 6.45) is 0. The molecule has 11 heteroatoms. The number of fused-ring (bicyclic) bond motifs is 1. The molecule has 1 aliphatic rings. The van der Waals surface area contributed by atoms with Gasteiger partial charge < -0.3 is 14.0 Å². The van der Waals surface area contributed by atoms with Gasteiger partial charge in [0.05, 0.1) is 10.6 Å². The van der Waals surface area contributed by atoms with E-state index in [0.717, 1.165) is 34.5 Å². The van der Waals surface area contributed by atoms with Gasteiger partial charge in [0, 0.05) is 45.7 Å².